The molecule has 1 heterocycles. The number of nitrogens with zero attached hydrogens (tertiary/aromatic N) is 1. The first-order chi connectivity index (χ1) is 11.4. The number of carbonyl (C=O) groups is 1. The maximum atomic E-state index is 12.9. The smallest absolute Gasteiger partial charge is 0.337 e. The second-order valence-corrected chi connectivity index (χ2v) is 6.69. The summed E-state index contributed by atoms with van der Waals surface area (Å²) >= 11 is 0. The first kappa shape index (κ1) is 16.5. The van der Waals surface area contributed by atoms with Crippen LogP contribution in [-0.2, 0) is 4.74 Å². The van der Waals surface area contributed by atoms with E-state index in [2.05, 4.69) is 23.6 Å². The molecule has 6 heteroatoms. The minimum atomic E-state index is -0.503. The molecule has 128 valence electrons. The van der Waals surface area contributed by atoms with Crippen LogP contribution >= 0.6 is 0 Å². The number of hydrogen-bond acceptors (Lipinski definition) is 4. The molecule has 1 saturated carbocycles. The maximum absolute atomic E-state index is 12.9. The van der Waals surface area contributed by atoms with Gasteiger partial charge in [-0.1, -0.05) is 26.7 Å². The van der Waals surface area contributed by atoms with Gasteiger partial charge in [0.05, 0.1) is 23.6 Å². The molecular formula is C18H22N2O4. The van der Waals surface area contributed by atoms with Gasteiger partial charge in [-0.25, -0.2) is 9.59 Å². The average molecular weight is 330 g/mol. The van der Waals surface area contributed by atoms with Gasteiger partial charge in [0.25, 0.3) is 5.56 Å². The molecule has 3 atom stereocenters. The van der Waals surface area contributed by atoms with Gasteiger partial charge in [0.15, 0.2) is 0 Å². The highest BCUT2D eigenvalue weighted by molar-refractivity contribution is 5.93. The van der Waals surface area contributed by atoms with Gasteiger partial charge in [-0.05, 0) is 36.5 Å². The molecule has 0 saturated heterocycles. The summed E-state index contributed by atoms with van der Waals surface area (Å²) < 4.78 is 6.04. The number of fused-ring (bicyclic) bond motifs is 1. The van der Waals surface area contributed by atoms with Crippen LogP contribution < -0.4 is 11.2 Å². The van der Waals surface area contributed by atoms with E-state index < -0.39 is 11.7 Å². The van der Waals surface area contributed by atoms with Gasteiger partial charge in [0.1, 0.15) is 0 Å². The number of rotatable bonds is 2. The summed E-state index contributed by atoms with van der Waals surface area (Å²) in [6.07, 6.45) is 2.97. The monoisotopic (exact) mass is 330 g/mol. The summed E-state index contributed by atoms with van der Waals surface area (Å²) in [6.45, 7) is 4.27. The van der Waals surface area contributed by atoms with Crippen molar-refractivity contribution >= 4 is 16.9 Å². The first-order valence-electron chi connectivity index (χ1n) is 8.31. The van der Waals surface area contributed by atoms with Gasteiger partial charge in [0, 0.05) is 6.04 Å². The fourth-order valence-corrected chi connectivity index (χ4v) is 3.70. The Morgan fingerprint density at radius 1 is 1.25 bits per heavy atom. The molecule has 2 aromatic rings. The Kier molecular flexibility index (Phi) is 4.30. The van der Waals surface area contributed by atoms with E-state index >= 15 is 0 Å². The molecule has 0 spiro atoms. The zero-order valence-electron chi connectivity index (χ0n) is 14.2. The zero-order valence-corrected chi connectivity index (χ0v) is 14.2. The Morgan fingerprint density at radius 3 is 2.71 bits per heavy atom. The summed E-state index contributed by atoms with van der Waals surface area (Å²) in [5.41, 5.74) is -0.0466. The lowest BCUT2D eigenvalue weighted by Crippen LogP contribution is -2.42. The molecule has 0 bridgehead atoms. The van der Waals surface area contributed by atoms with Gasteiger partial charge >= 0.3 is 11.7 Å². The quantitative estimate of drug-likeness (QED) is 0.858. The first-order valence-corrected chi connectivity index (χ1v) is 8.31. The van der Waals surface area contributed by atoms with Crippen molar-refractivity contribution in [3.05, 3.63) is 44.6 Å². The standard InChI is InChI=1S/C18H22N2O4/c1-10-5-4-6-15(11(10)2)20-16(21)13-8-7-12(17(22)24-3)9-14(13)19-18(20)23/h7-11,15H,4-6H2,1-3H3,(H,19,23)/t10-,11-,15-/m1/s1. The van der Waals surface area contributed by atoms with E-state index in [-0.39, 0.29) is 17.5 Å². The molecule has 1 aliphatic carbocycles. The van der Waals surface area contributed by atoms with Crippen molar-refractivity contribution in [1.29, 1.82) is 0 Å². The lowest BCUT2D eigenvalue weighted by atomic mass is 9.78. The van der Waals surface area contributed by atoms with E-state index in [1.165, 1.54) is 17.7 Å². The molecule has 1 aliphatic rings. The van der Waals surface area contributed by atoms with E-state index in [0.29, 0.717) is 22.4 Å². The summed E-state index contributed by atoms with van der Waals surface area (Å²) in [5, 5.41) is 0.410. The van der Waals surface area contributed by atoms with Crippen molar-refractivity contribution in [3.63, 3.8) is 0 Å². The minimum Gasteiger partial charge on any atom is -0.465 e. The zero-order chi connectivity index (χ0) is 17.4. The van der Waals surface area contributed by atoms with Crippen LogP contribution in [0.5, 0.6) is 0 Å². The molecule has 0 radical (unpaired) electrons. The Bertz CT molecular complexity index is 896. The van der Waals surface area contributed by atoms with Crippen LogP contribution in [-0.4, -0.2) is 22.6 Å². The van der Waals surface area contributed by atoms with Crippen molar-refractivity contribution < 1.29 is 9.53 Å². The van der Waals surface area contributed by atoms with Gasteiger partial charge in [0.2, 0.25) is 0 Å². The number of esters is 1. The second-order valence-electron chi connectivity index (χ2n) is 6.69. The topological polar surface area (TPSA) is 81.2 Å². The van der Waals surface area contributed by atoms with Crippen LogP contribution in [0.2, 0.25) is 0 Å². The van der Waals surface area contributed by atoms with Crippen molar-refractivity contribution in [3.8, 4) is 0 Å². The van der Waals surface area contributed by atoms with E-state index in [4.69, 9.17) is 0 Å². The van der Waals surface area contributed by atoms with Gasteiger partial charge in [-0.2, -0.15) is 0 Å². The molecule has 24 heavy (non-hydrogen) atoms. The Hall–Kier alpha value is -2.37. The lowest BCUT2D eigenvalue weighted by molar-refractivity contribution is 0.0601. The predicted molar refractivity (Wildman–Crippen MR) is 91.4 cm³/mol. The summed E-state index contributed by atoms with van der Waals surface area (Å²) in [7, 11) is 1.29. The number of aromatic amines is 1. The fourth-order valence-electron chi connectivity index (χ4n) is 3.70. The SMILES string of the molecule is COC(=O)c1ccc2c(=O)n([C@@H]3CCC[C@@H](C)[C@H]3C)c(=O)[nH]c2c1. The molecule has 1 fully saturated rings. The van der Waals surface area contributed by atoms with Crippen LogP contribution in [0.15, 0.2) is 27.8 Å². The summed E-state index contributed by atoms with van der Waals surface area (Å²) in [5.74, 6) is 0.244. The summed E-state index contributed by atoms with van der Waals surface area (Å²) in [6, 6.07) is 4.52. The highest BCUT2D eigenvalue weighted by Gasteiger charge is 2.30. The van der Waals surface area contributed by atoms with E-state index in [9.17, 15) is 14.4 Å². The highest BCUT2D eigenvalue weighted by atomic mass is 16.5. The van der Waals surface area contributed by atoms with Crippen molar-refractivity contribution in [2.45, 2.75) is 39.2 Å². The summed E-state index contributed by atoms with van der Waals surface area (Å²) in [4.78, 5) is 39.8. The van der Waals surface area contributed by atoms with Crippen LogP contribution in [0, 0.1) is 11.8 Å². The van der Waals surface area contributed by atoms with E-state index in [1.807, 2.05) is 0 Å². The Morgan fingerprint density at radius 2 is 2.00 bits per heavy atom. The molecule has 0 aliphatic heterocycles. The molecule has 6 nitrogen and oxygen atoms in total. The van der Waals surface area contributed by atoms with E-state index in [1.54, 1.807) is 12.1 Å². The number of aromatic nitrogens is 2. The van der Waals surface area contributed by atoms with Crippen LogP contribution in [0.4, 0.5) is 0 Å². The van der Waals surface area contributed by atoms with Crippen LogP contribution in [0.25, 0.3) is 10.9 Å². The number of H-pyrrole nitrogens is 1. The fraction of sp³-hybridized carbons (Fsp3) is 0.500. The van der Waals surface area contributed by atoms with Gasteiger partial charge in [-0.3, -0.25) is 9.36 Å². The third-order valence-corrected chi connectivity index (χ3v) is 5.35. The largest absolute Gasteiger partial charge is 0.465 e. The van der Waals surface area contributed by atoms with Crippen molar-refractivity contribution in [2.75, 3.05) is 7.11 Å². The molecular weight excluding hydrogens is 308 g/mol. The van der Waals surface area contributed by atoms with Gasteiger partial charge in [-0.15, -0.1) is 0 Å². The van der Waals surface area contributed by atoms with Crippen LogP contribution in [0.1, 0.15) is 49.5 Å². The number of benzene rings is 1. The van der Waals surface area contributed by atoms with Gasteiger partial charge < -0.3 is 9.72 Å². The Labute approximate surface area is 139 Å². The minimum absolute atomic E-state index is 0.0883. The maximum Gasteiger partial charge on any atom is 0.337 e. The number of nitrogens with one attached hydrogen (secondary N) is 1. The molecule has 1 aromatic heterocycles. The molecule has 3 rings (SSSR count). The molecule has 1 N–H and O–H groups in total. The molecule has 1 aromatic carbocycles. The normalized spacial score (nSPS) is 24.0. The average Bonchev–Trinajstić information content (AvgIpc) is 2.57. The highest BCUT2D eigenvalue weighted by Crippen LogP contribution is 2.36. The number of hydrogen-bond donors (Lipinski definition) is 1. The van der Waals surface area contributed by atoms with E-state index in [0.717, 1.165) is 19.3 Å². The third kappa shape index (κ3) is 2.66. The predicted octanol–water partition coefficient (Wildman–Crippen LogP) is 2.47. The number of carbonyl (C=O) groups excluding carboxylic acids is 1. The molecule has 0 unspecified atom stereocenters. The Balaban J connectivity index is 2.16. The van der Waals surface area contributed by atoms with Crippen molar-refractivity contribution in [1.82, 2.24) is 9.55 Å². The number of ether oxygens (including phenoxy) is 1. The van der Waals surface area contributed by atoms with Crippen LogP contribution in [0.3, 0.4) is 0 Å². The molecule has 0 amide bonds. The third-order valence-electron chi connectivity index (χ3n) is 5.35. The van der Waals surface area contributed by atoms with Crippen molar-refractivity contribution in [2.24, 2.45) is 11.8 Å². The lowest BCUT2D eigenvalue weighted by Gasteiger charge is -2.34. The second kappa shape index (κ2) is 6.26. The number of methoxy groups -OCH3 is 1.